The molecule has 0 saturated carbocycles. The molecule has 1 aliphatic rings. The van der Waals surface area contributed by atoms with Gasteiger partial charge in [0.1, 0.15) is 5.82 Å². The smallest absolute Gasteiger partial charge is 0.227 e. The molecule has 5 rings (SSSR count). The van der Waals surface area contributed by atoms with Crippen molar-refractivity contribution in [2.24, 2.45) is 0 Å². The lowest BCUT2D eigenvalue weighted by Crippen LogP contribution is -2.41. The van der Waals surface area contributed by atoms with Gasteiger partial charge in [-0.25, -0.2) is 4.39 Å². The zero-order valence-electron chi connectivity index (χ0n) is 18.8. The predicted octanol–water partition coefficient (Wildman–Crippen LogP) is 6.88. The molecular weight excluding hydrogens is 445 g/mol. The first kappa shape index (κ1) is 22.4. The number of nitrogens with zero attached hydrogens (tertiary/aromatic N) is 1. The fraction of sp³-hybridized carbons (Fsp3) is 0.167. The standard InChI is InChI=1S/C30H25ClFNO/c31-26-12-15-29(22-6-2-1-3-7-22)25(16-26)19-30(34)33(20-21-10-13-27(32)14-11-21)28-17-23-8-4-5-9-24(23)18-28/h1-16,28H,17-20H2. The van der Waals surface area contributed by atoms with Gasteiger partial charge in [-0.2, -0.15) is 0 Å². The van der Waals surface area contributed by atoms with Crippen LogP contribution < -0.4 is 0 Å². The van der Waals surface area contributed by atoms with Gasteiger partial charge in [0, 0.05) is 17.6 Å². The van der Waals surface area contributed by atoms with Gasteiger partial charge < -0.3 is 4.90 Å². The van der Waals surface area contributed by atoms with Crippen molar-refractivity contribution in [2.75, 3.05) is 0 Å². The van der Waals surface area contributed by atoms with Gasteiger partial charge >= 0.3 is 0 Å². The molecule has 4 heteroatoms. The summed E-state index contributed by atoms with van der Waals surface area (Å²) in [4.78, 5) is 15.8. The molecule has 0 N–H and O–H groups in total. The molecular formula is C30H25ClFNO. The number of fused-ring (bicyclic) bond motifs is 1. The SMILES string of the molecule is O=C(Cc1cc(Cl)ccc1-c1ccccc1)N(Cc1ccc(F)cc1)C1Cc2ccccc2C1. The van der Waals surface area contributed by atoms with Gasteiger partial charge in [0.05, 0.1) is 6.42 Å². The molecule has 4 aromatic carbocycles. The summed E-state index contributed by atoms with van der Waals surface area (Å²) in [6.45, 7) is 0.443. The summed E-state index contributed by atoms with van der Waals surface area (Å²) < 4.78 is 13.5. The minimum absolute atomic E-state index is 0.0431. The van der Waals surface area contributed by atoms with Gasteiger partial charge in [-0.15, -0.1) is 0 Å². The number of rotatable bonds is 6. The Morgan fingerprint density at radius 1 is 0.853 bits per heavy atom. The highest BCUT2D eigenvalue weighted by Gasteiger charge is 2.30. The van der Waals surface area contributed by atoms with Crippen molar-refractivity contribution in [2.45, 2.75) is 31.8 Å². The summed E-state index contributed by atoms with van der Waals surface area (Å²) in [5.74, 6) is -0.233. The number of amides is 1. The summed E-state index contributed by atoms with van der Waals surface area (Å²) in [5.41, 5.74) is 6.47. The Kier molecular flexibility index (Phi) is 6.46. The molecule has 0 spiro atoms. The van der Waals surface area contributed by atoms with Crippen LogP contribution in [0.4, 0.5) is 4.39 Å². The van der Waals surface area contributed by atoms with E-state index >= 15 is 0 Å². The minimum Gasteiger partial charge on any atom is -0.334 e. The molecule has 4 aromatic rings. The Hall–Kier alpha value is -3.43. The van der Waals surface area contributed by atoms with Crippen LogP contribution in [0.5, 0.6) is 0 Å². The quantitative estimate of drug-likeness (QED) is 0.301. The van der Waals surface area contributed by atoms with Crippen molar-refractivity contribution in [3.05, 3.63) is 130 Å². The van der Waals surface area contributed by atoms with Crippen LogP contribution in [0.15, 0.2) is 97.1 Å². The number of halogens is 2. The average molecular weight is 470 g/mol. The van der Waals surface area contributed by atoms with E-state index < -0.39 is 0 Å². The lowest BCUT2D eigenvalue weighted by molar-refractivity contribution is -0.133. The largest absolute Gasteiger partial charge is 0.334 e. The molecule has 1 amide bonds. The number of carbonyl (C=O) groups excluding carboxylic acids is 1. The van der Waals surface area contributed by atoms with Crippen LogP contribution in [0.25, 0.3) is 11.1 Å². The Labute approximate surface area is 204 Å². The lowest BCUT2D eigenvalue weighted by atomic mass is 9.97. The highest BCUT2D eigenvalue weighted by Crippen LogP contribution is 2.30. The van der Waals surface area contributed by atoms with Crippen LogP contribution in [0, 0.1) is 5.82 Å². The summed E-state index contributed by atoms with van der Waals surface area (Å²) in [6, 6.07) is 30.6. The first-order valence-corrected chi connectivity index (χ1v) is 11.9. The first-order valence-electron chi connectivity index (χ1n) is 11.5. The first-order chi connectivity index (χ1) is 16.6. The zero-order valence-corrected chi connectivity index (χ0v) is 19.5. The molecule has 0 saturated heterocycles. The van der Waals surface area contributed by atoms with Crippen molar-refractivity contribution < 1.29 is 9.18 Å². The van der Waals surface area contributed by atoms with E-state index in [0.717, 1.165) is 35.1 Å². The van der Waals surface area contributed by atoms with Crippen LogP contribution in [0.1, 0.15) is 22.3 Å². The molecule has 2 nitrogen and oxygen atoms in total. The van der Waals surface area contributed by atoms with Crippen molar-refractivity contribution in [3.8, 4) is 11.1 Å². The Bertz CT molecular complexity index is 1280. The van der Waals surface area contributed by atoms with E-state index in [2.05, 4.69) is 12.1 Å². The second-order valence-corrected chi connectivity index (χ2v) is 9.26. The van der Waals surface area contributed by atoms with Crippen LogP contribution in [0.3, 0.4) is 0 Å². The second kappa shape index (κ2) is 9.82. The maximum absolute atomic E-state index is 13.8. The fourth-order valence-corrected chi connectivity index (χ4v) is 5.03. The highest BCUT2D eigenvalue weighted by molar-refractivity contribution is 6.30. The third-order valence-electron chi connectivity index (χ3n) is 6.55. The lowest BCUT2D eigenvalue weighted by Gasteiger charge is -2.30. The summed E-state index contributed by atoms with van der Waals surface area (Å²) in [6.07, 6.45) is 1.90. The number of hydrogen-bond acceptors (Lipinski definition) is 1. The average Bonchev–Trinajstić information content (AvgIpc) is 3.28. The predicted molar refractivity (Wildman–Crippen MR) is 135 cm³/mol. The van der Waals surface area contributed by atoms with Crippen molar-refractivity contribution in [1.29, 1.82) is 0 Å². The second-order valence-electron chi connectivity index (χ2n) is 8.82. The third-order valence-corrected chi connectivity index (χ3v) is 6.79. The molecule has 1 aliphatic carbocycles. The van der Waals surface area contributed by atoms with Gasteiger partial charge in [-0.3, -0.25) is 4.79 Å². The van der Waals surface area contributed by atoms with E-state index in [9.17, 15) is 9.18 Å². The molecule has 0 radical (unpaired) electrons. The number of benzene rings is 4. The summed E-state index contributed by atoms with van der Waals surface area (Å²) in [7, 11) is 0. The van der Waals surface area contributed by atoms with Gasteiger partial charge in [0.15, 0.2) is 0 Å². The molecule has 0 aromatic heterocycles. The van der Waals surface area contributed by atoms with E-state index in [0.29, 0.717) is 11.6 Å². The van der Waals surface area contributed by atoms with Crippen LogP contribution in [0.2, 0.25) is 5.02 Å². The topological polar surface area (TPSA) is 20.3 Å². The van der Waals surface area contributed by atoms with E-state index in [1.807, 2.05) is 65.6 Å². The molecule has 0 unspecified atom stereocenters. The fourth-order valence-electron chi connectivity index (χ4n) is 4.84. The van der Waals surface area contributed by atoms with Gasteiger partial charge in [0.2, 0.25) is 5.91 Å². The van der Waals surface area contributed by atoms with Crippen LogP contribution in [-0.4, -0.2) is 16.8 Å². The van der Waals surface area contributed by atoms with Gasteiger partial charge in [-0.05, 0) is 70.5 Å². The van der Waals surface area contributed by atoms with Gasteiger partial charge in [0.25, 0.3) is 0 Å². The van der Waals surface area contributed by atoms with Crippen LogP contribution >= 0.6 is 11.6 Å². The number of hydrogen-bond donors (Lipinski definition) is 0. The Morgan fingerprint density at radius 2 is 1.50 bits per heavy atom. The van der Waals surface area contributed by atoms with Crippen molar-refractivity contribution >= 4 is 17.5 Å². The zero-order chi connectivity index (χ0) is 23.5. The summed E-state index contributed by atoms with van der Waals surface area (Å²) in [5, 5.41) is 0.612. The maximum atomic E-state index is 13.8. The molecule has 170 valence electrons. The molecule has 34 heavy (non-hydrogen) atoms. The monoisotopic (exact) mass is 469 g/mol. The molecule has 0 aliphatic heterocycles. The molecule has 0 fully saturated rings. The minimum atomic E-state index is -0.277. The van der Waals surface area contributed by atoms with E-state index in [1.165, 1.54) is 23.3 Å². The van der Waals surface area contributed by atoms with E-state index in [-0.39, 0.29) is 24.2 Å². The van der Waals surface area contributed by atoms with Crippen LogP contribution in [-0.2, 0) is 30.6 Å². The van der Waals surface area contributed by atoms with Crippen molar-refractivity contribution in [1.82, 2.24) is 4.90 Å². The van der Waals surface area contributed by atoms with Crippen molar-refractivity contribution in [3.63, 3.8) is 0 Å². The van der Waals surface area contributed by atoms with E-state index in [1.54, 1.807) is 12.1 Å². The number of carbonyl (C=O) groups is 1. The Balaban J connectivity index is 1.45. The normalized spacial score (nSPS) is 13.0. The molecule has 0 heterocycles. The third kappa shape index (κ3) is 4.90. The van der Waals surface area contributed by atoms with E-state index in [4.69, 9.17) is 11.6 Å². The summed E-state index contributed by atoms with van der Waals surface area (Å²) >= 11 is 6.34. The highest BCUT2D eigenvalue weighted by atomic mass is 35.5. The maximum Gasteiger partial charge on any atom is 0.227 e. The molecule has 0 bridgehead atoms. The van der Waals surface area contributed by atoms with Gasteiger partial charge in [-0.1, -0.05) is 84.4 Å². The Morgan fingerprint density at radius 3 is 2.18 bits per heavy atom. The molecule has 0 atom stereocenters.